The quantitative estimate of drug-likeness (QED) is 0.371. The first-order chi connectivity index (χ1) is 8.38. The van der Waals surface area contributed by atoms with Crippen molar-refractivity contribution >= 4 is 34.2 Å². The normalized spacial score (nSPS) is 12.1. The Morgan fingerprint density at radius 1 is 1.50 bits per heavy atom. The fourth-order valence-electron chi connectivity index (χ4n) is 1.06. The molecule has 0 aliphatic rings. The minimum Gasteiger partial charge on any atom is -0.271 e. The Morgan fingerprint density at radius 3 is 2.67 bits per heavy atom. The van der Waals surface area contributed by atoms with E-state index >= 15 is 0 Å². The molecule has 0 aliphatic heterocycles. The molecule has 0 saturated heterocycles. The van der Waals surface area contributed by atoms with Crippen molar-refractivity contribution in [3.63, 3.8) is 0 Å². The van der Waals surface area contributed by atoms with E-state index < -0.39 is 11.7 Å². The van der Waals surface area contributed by atoms with Crippen molar-refractivity contribution in [3.05, 3.63) is 28.8 Å². The third kappa shape index (κ3) is 3.82. The minimum absolute atomic E-state index is 0.0430. The number of benzene rings is 1. The molecule has 1 aromatic carbocycles. The SMILES string of the molecule is CSC(=Nc1cc(C(F)(F)F)ccc1Cl)NC#N. The number of rotatable bonds is 1. The first-order valence-corrected chi connectivity index (χ1v) is 6.13. The molecule has 0 amide bonds. The topological polar surface area (TPSA) is 48.2 Å². The molecule has 0 fully saturated rings. The summed E-state index contributed by atoms with van der Waals surface area (Å²) in [6, 6.07) is 2.82. The van der Waals surface area contributed by atoms with Crippen molar-refractivity contribution in [1.82, 2.24) is 5.32 Å². The van der Waals surface area contributed by atoms with Crippen LogP contribution in [0.3, 0.4) is 0 Å². The van der Waals surface area contributed by atoms with E-state index in [-0.39, 0.29) is 15.9 Å². The Labute approximate surface area is 111 Å². The first kappa shape index (κ1) is 14.7. The number of nitrogens with one attached hydrogen (secondary N) is 1. The molecule has 0 aliphatic carbocycles. The third-order valence-corrected chi connectivity index (χ3v) is 2.75. The van der Waals surface area contributed by atoms with Crippen LogP contribution in [0.1, 0.15) is 5.56 Å². The van der Waals surface area contributed by atoms with E-state index in [0.29, 0.717) is 0 Å². The van der Waals surface area contributed by atoms with Crippen molar-refractivity contribution in [1.29, 1.82) is 5.26 Å². The molecule has 96 valence electrons. The fraction of sp³-hybridized carbons (Fsp3) is 0.200. The van der Waals surface area contributed by atoms with Crippen LogP contribution in [0.25, 0.3) is 0 Å². The molecule has 0 atom stereocenters. The average Bonchev–Trinajstić information content (AvgIpc) is 2.29. The lowest BCUT2D eigenvalue weighted by Gasteiger charge is -2.08. The Kier molecular flexibility index (Phi) is 4.87. The van der Waals surface area contributed by atoms with Crippen molar-refractivity contribution in [2.75, 3.05) is 6.26 Å². The molecule has 8 heteroatoms. The van der Waals surface area contributed by atoms with Crippen LogP contribution < -0.4 is 5.32 Å². The van der Waals surface area contributed by atoms with Crippen molar-refractivity contribution in [2.24, 2.45) is 4.99 Å². The van der Waals surface area contributed by atoms with Gasteiger partial charge in [0.15, 0.2) is 11.4 Å². The molecule has 0 spiro atoms. The summed E-state index contributed by atoms with van der Waals surface area (Å²) in [5, 5.41) is 10.9. The number of halogens is 4. The zero-order valence-corrected chi connectivity index (χ0v) is 10.6. The summed E-state index contributed by atoms with van der Waals surface area (Å²) >= 11 is 6.84. The molecule has 0 radical (unpaired) electrons. The number of hydrogen-bond acceptors (Lipinski definition) is 3. The molecule has 0 heterocycles. The number of alkyl halides is 3. The van der Waals surface area contributed by atoms with Gasteiger partial charge in [-0.25, -0.2) is 4.99 Å². The number of amidine groups is 1. The zero-order chi connectivity index (χ0) is 13.8. The maximum Gasteiger partial charge on any atom is 0.416 e. The first-order valence-electron chi connectivity index (χ1n) is 4.53. The lowest BCUT2D eigenvalue weighted by Crippen LogP contribution is -2.12. The van der Waals surface area contributed by atoms with E-state index in [9.17, 15) is 13.2 Å². The van der Waals surface area contributed by atoms with Crippen molar-refractivity contribution < 1.29 is 13.2 Å². The number of thioether (sulfide) groups is 1. The van der Waals surface area contributed by atoms with Gasteiger partial charge in [-0.1, -0.05) is 23.4 Å². The Balaban J connectivity index is 3.20. The van der Waals surface area contributed by atoms with Crippen LogP contribution in [0.5, 0.6) is 0 Å². The molecular weight excluding hydrogens is 287 g/mol. The summed E-state index contributed by atoms with van der Waals surface area (Å²) in [5.74, 6) is 0. The Bertz CT molecular complexity index is 508. The highest BCUT2D eigenvalue weighted by Gasteiger charge is 2.30. The Morgan fingerprint density at radius 2 is 2.17 bits per heavy atom. The molecule has 0 aromatic heterocycles. The van der Waals surface area contributed by atoms with Gasteiger partial charge in [-0.2, -0.15) is 18.4 Å². The highest BCUT2D eigenvalue weighted by Crippen LogP contribution is 2.35. The molecule has 0 bridgehead atoms. The molecule has 3 nitrogen and oxygen atoms in total. The molecule has 1 aromatic rings. The van der Waals surface area contributed by atoms with Gasteiger partial charge in [0.2, 0.25) is 0 Å². The monoisotopic (exact) mass is 293 g/mol. The summed E-state index contributed by atoms with van der Waals surface area (Å²) in [6.07, 6.45) is -1.20. The molecule has 0 unspecified atom stereocenters. The van der Waals surface area contributed by atoms with E-state index in [1.807, 2.05) is 0 Å². The number of hydrogen-bond donors (Lipinski definition) is 1. The van der Waals surface area contributed by atoms with Gasteiger partial charge < -0.3 is 0 Å². The van der Waals surface area contributed by atoms with Crippen LogP contribution in [0.2, 0.25) is 5.02 Å². The highest BCUT2D eigenvalue weighted by atomic mass is 35.5. The molecular formula is C10H7ClF3N3S. The summed E-state index contributed by atoms with van der Waals surface area (Å²) in [5.41, 5.74) is -0.887. The van der Waals surface area contributed by atoms with E-state index in [1.165, 1.54) is 0 Å². The minimum atomic E-state index is -4.46. The smallest absolute Gasteiger partial charge is 0.271 e. The van der Waals surface area contributed by atoms with Crippen LogP contribution in [-0.4, -0.2) is 11.4 Å². The average molecular weight is 294 g/mol. The second-order valence-electron chi connectivity index (χ2n) is 3.02. The van der Waals surface area contributed by atoms with Gasteiger partial charge in [-0.05, 0) is 24.5 Å². The van der Waals surface area contributed by atoms with Gasteiger partial charge >= 0.3 is 6.18 Å². The summed E-state index contributed by atoms with van der Waals surface area (Å²) in [4.78, 5) is 3.85. The van der Waals surface area contributed by atoms with E-state index in [2.05, 4.69) is 10.3 Å². The van der Waals surface area contributed by atoms with Gasteiger partial charge in [0.05, 0.1) is 16.3 Å². The predicted octanol–water partition coefficient (Wildman–Crippen LogP) is 3.78. The van der Waals surface area contributed by atoms with Crippen molar-refractivity contribution in [3.8, 4) is 6.19 Å². The predicted molar refractivity (Wildman–Crippen MR) is 65.8 cm³/mol. The van der Waals surface area contributed by atoms with Crippen LogP contribution >= 0.6 is 23.4 Å². The summed E-state index contributed by atoms with van der Waals surface area (Å²) in [6.45, 7) is 0. The number of aliphatic imine (C=N–C) groups is 1. The Hall–Kier alpha value is -1.39. The van der Waals surface area contributed by atoms with Gasteiger partial charge in [-0.3, -0.25) is 5.32 Å². The standard InChI is InChI=1S/C10H7ClF3N3S/c1-18-9(16-5-15)17-8-4-6(10(12,13)14)2-3-7(8)11/h2-4H,1H3,(H,16,17). The second kappa shape index (κ2) is 5.98. The largest absolute Gasteiger partial charge is 0.416 e. The molecule has 0 saturated carbocycles. The van der Waals surface area contributed by atoms with Crippen LogP contribution in [-0.2, 0) is 6.18 Å². The van der Waals surface area contributed by atoms with Crippen LogP contribution in [0.4, 0.5) is 18.9 Å². The highest BCUT2D eigenvalue weighted by molar-refractivity contribution is 8.13. The van der Waals surface area contributed by atoms with E-state index in [1.54, 1.807) is 12.4 Å². The third-order valence-electron chi connectivity index (χ3n) is 1.85. The molecule has 18 heavy (non-hydrogen) atoms. The van der Waals surface area contributed by atoms with E-state index in [0.717, 1.165) is 30.0 Å². The van der Waals surface area contributed by atoms with Gasteiger partial charge in [0, 0.05) is 0 Å². The fourth-order valence-corrected chi connectivity index (χ4v) is 1.55. The van der Waals surface area contributed by atoms with Gasteiger partial charge in [0.25, 0.3) is 0 Å². The lowest BCUT2D eigenvalue weighted by atomic mass is 10.2. The molecule has 1 N–H and O–H groups in total. The lowest BCUT2D eigenvalue weighted by molar-refractivity contribution is -0.137. The van der Waals surface area contributed by atoms with Gasteiger partial charge in [-0.15, -0.1) is 0 Å². The summed E-state index contributed by atoms with van der Waals surface area (Å²) < 4.78 is 37.5. The molecule has 1 rings (SSSR count). The maximum absolute atomic E-state index is 12.5. The van der Waals surface area contributed by atoms with Crippen LogP contribution in [0, 0.1) is 11.5 Å². The number of nitrogens with zero attached hydrogens (tertiary/aromatic N) is 2. The van der Waals surface area contributed by atoms with Gasteiger partial charge in [0.1, 0.15) is 0 Å². The second-order valence-corrected chi connectivity index (χ2v) is 4.22. The maximum atomic E-state index is 12.5. The summed E-state index contributed by atoms with van der Waals surface area (Å²) in [7, 11) is 0. The van der Waals surface area contributed by atoms with Crippen molar-refractivity contribution in [2.45, 2.75) is 6.18 Å². The van der Waals surface area contributed by atoms with Crippen LogP contribution in [0.15, 0.2) is 23.2 Å². The number of nitriles is 1. The van der Waals surface area contributed by atoms with E-state index in [4.69, 9.17) is 16.9 Å². The zero-order valence-electron chi connectivity index (χ0n) is 9.05.